The van der Waals surface area contributed by atoms with Crippen molar-refractivity contribution in [2.75, 3.05) is 0 Å². The van der Waals surface area contributed by atoms with Crippen LogP contribution in [0.4, 0.5) is 0 Å². The van der Waals surface area contributed by atoms with E-state index in [1.54, 1.807) is 0 Å². The Morgan fingerprint density at radius 1 is 1.16 bits per heavy atom. The molecule has 2 aromatic rings. The van der Waals surface area contributed by atoms with Crippen LogP contribution in [0.3, 0.4) is 0 Å². The molecule has 0 spiro atoms. The molecule has 0 aromatic heterocycles. The van der Waals surface area contributed by atoms with Gasteiger partial charge in [0, 0.05) is 11.1 Å². The number of nitrogens with two attached hydrogens (primary N) is 1. The topological polar surface area (TPSA) is 38.0 Å². The van der Waals surface area contributed by atoms with Crippen LogP contribution in [-0.2, 0) is 6.42 Å². The number of rotatable bonds is 4. The highest BCUT2D eigenvalue weighted by molar-refractivity contribution is 6.30. The maximum absolute atomic E-state index is 5.92. The van der Waals surface area contributed by atoms with Gasteiger partial charge in [0.2, 0.25) is 0 Å². The summed E-state index contributed by atoms with van der Waals surface area (Å²) < 4.78 is 0. The van der Waals surface area contributed by atoms with E-state index >= 15 is 0 Å². The zero-order chi connectivity index (χ0) is 13.2. The van der Waals surface area contributed by atoms with Crippen LogP contribution >= 0.6 is 11.6 Å². The van der Waals surface area contributed by atoms with E-state index in [0.717, 1.165) is 17.9 Å². The number of nitrogens with one attached hydrogen (secondary N) is 1. The molecule has 19 heavy (non-hydrogen) atoms. The number of halogens is 1. The van der Waals surface area contributed by atoms with Crippen molar-refractivity contribution in [1.82, 2.24) is 5.43 Å². The Morgan fingerprint density at radius 2 is 1.89 bits per heavy atom. The minimum Gasteiger partial charge on any atom is -0.271 e. The molecule has 0 saturated carbocycles. The average Bonchev–Trinajstić information content (AvgIpc) is 2.42. The highest BCUT2D eigenvalue weighted by Gasteiger charge is 2.28. The predicted octanol–water partition coefficient (Wildman–Crippen LogP) is 3.57. The fourth-order valence-corrected chi connectivity index (χ4v) is 2.98. The molecule has 0 heterocycles. The number of hydrazine groups is 1. The van der Waals surface area contributed by atoms with Crippen molar-refractivity contribution in [3.05, 3.63) is 70.2 Å². The second kappa shape index (κ2) is 5.33. The van der Waals surface area contributed by atoms with Gasteiger partial charge in [0.1, 0.15) is 0 Å². The van der Waals surface area contributed by atoms with Gasteiger partial charge < -0.3 is 0 Å². The van der Waals surface area contributed by atoms with E-state index in [1.165, 1.54) is 16.7 Å². The first-order valence-corrected chi connectivity index (χ1v) is 6.95. The normalized spacial score (nSPS) is 18.5. The smallest absolute Gasteiger partial charge is 0.0465 e. The third-order valence-corrected chi connectivity index (χ3v) is 4.21. The average molecular weight is 273 g/mol. The van der Waals surface area contributed by atoms with Gasteiger partial charge in [0.15, 0.2) is 0 Å². The summed E-state index contributed by atoms with van der Waals surface area (Å²) >= 11 is 5.92. The highest BCUT2D eigenvalue weighted by atomic mass is 35.5. The summed E-state index contributed by atoms with van der Waals surface area (Å²) in [6.07, 6.45) is 2.18. The Hall–Kier alpha value is -1.35. The maximum Gasteiger partial charge on any atom is 0.0465 e. The molecule has 1 aliphatic carbocycles. The van der Waals surface area contributed by atoms with Crippen LogP contribution in [0.5, 0.6) is 0 Å². The minimum absolute atomic E-state index is 0.177. The lowest BCUT2D eigenvalue weighted by atomic mass is 9.74. The van der Waals surface area contributed by atoms with Crippen LogP contribution in [0, 0.1) is 0 Å². The lowest BCUT2D eigenvalue weighted by Crippen LogP contribution is -2.31. The van der Waals surface area contributed by atoms with Crippen LogP contribution in [0.1, 0.15) is 35.1 Å². The molecule has 0 radical (unpaired) electrons. The van der Waals surface area contributed by atoms with Crippen LogP contribution < -0.4 is 11.3 Å². The first kappa shape index (κ1) is 12.7. The molecule has 2 atom stereocenters. The molecule has 0 aliphatic heterocycles. The second-order valence-corrected chi connectivity index (χ2v) is 5.54. The van der Waals surface area contributed by atoms with Gasteiger partial charge in [-0.15, -0.1) is 0 Å². The number of benzene rings is 2. The summed E-state index contributed by atoms with van der Waals surface area (Å²) in [5.41, 5.74) is 7.06. The summed E-state index contributed by atoms with van der Waals surface area (Å²) in [6, 6.07) is 16.7. The third kappa shape index (κ3) is 2.52. The number of fused-ring (bicyclic) bond motifs is 1. The Balaban J connectivity index is 1.73. The zero-order valence-corrected chi connectivity index (χ0v) is 11.4. The van der Waals surface area contributed by atoms with Crippen molar-refractivity contribution in [2.45, 2.75) is 24.8 Å². The van der Waals surface area contributed by atoms with Crippen molar-refractivity contribution in [2.24, 2.45) is 5.84 Å². The zero-order valence-electron chi connectivity index (χ0n) is 10.6. The van der Waals surface area contributed by atoms with Gasteiger partial charge in [0.25, 0.3) is 0 Å². The molecule has 2 nitrogen and oxygen atoms in total. The van der Waals surface area contributed by atoms with E-state index in [0.29, 0.717) is 5.92 Å². The van der Waals surface area contributed by atoms with Crippen molar-refractivity contribution in [3.63, 3.8) is 0 Å². The van der Waals surface area contributed by atoms with Crippen molar-refractivity contribution in [1.29, 1.82) is 0 Å². The molecule has 0 saturated heterocycles. The van der Waals surface area contributed by atoms with Gasteiger partial charge in [0.05, 0.1) is 0 Å². The molecule has 1 aliphatic rings. The quantitative estimate of drug-likeness (QED) is 0.660. The molecule has 0 bridgehead atoms. The molecule has 2 aromatic carbocycles. The van der Waals surface area contributed by atoms with Crippen LogP contribution in [0.2, 0.25) is 5.02 Å². The van der Waals surface area contributed by atoms with E-state index in [2.05, 4.69) is 29.7 Å². The van der Waals surface area contributed by atoms with Gasteiger partial charge in [-0.25, -0.2) is 0 Å². The molecular formula is C16H17ClN2. The predicted molar refractivity (Wildman–Crippen MR) is 79.0 cm³/mol. The van der Waals surface area contributed by atoms with E-state index in [-0.39, 0.29) is 6.04 Å². The fourth-order valence-electron chi connectivity index (χ4n) is 2.85. The standard InChI is InChI=1S/C16H17ClN2/c17-14-7-5-11(6-8-14)16(19-18)10-13-9-12-3-1-2-4-15(12)13/h1-8,13,16,19H,9-10,18H2. The van der Waals surface area contributed by atoms with E-state index in [9.17, 15) is 0 Å². The van der Waals surface area contributed by atoms with Gasteiger partial charge in [-0.2, -0.15) is 0 Å². The minimum atomic E-state index is 0.177. The summed E-state index contributed by atoms with van der Waals surface area (Å²) in [5.74, 6) is 6.31. The molecular weight excluding hydrogens is 256 g/mol. The largest absolute Gasteiger partial charge is 0.271 e. The van der Waals surface area contributed by atoms with Gasteiger partial charge in [-0.1, -0.05) is 48.0 Å². The van der Waals surface area contributed by atoms with Crippen LogP contribution in [0.15, 0.2) is 48.5 Å². The first-order valence-electron chi connectivity index (χ1n) is 6.57. The van der Waals surface area contributed by atoms with Crippen LogP contribution in [-0.4, -0.2) is 0 Å². The second-order valence-electron chi connectivity index (χ2n) is 5.11. The van der Waals surface area contributed by atoms with Gasteiger partial charge >= 0.3 is 0 Å². The number of hydrogen-bond donors (Lipinski definition) is 2. The molecule has 3 N–H and O–H groups in total. The molecule has 0 fully saturated rings. The maximum atomic E-state index is 5.92. The first-order chi connectivity index (χ1) is 9.28. The van der Waals surface area contributed by atoms with E-state index < -0.39 is 0 Å². The summed E-state index contributed by atoms with van der Waals surface area (Å²) in [5, 5.41) is 0.758. The third-order valence-electron chi connectivity index (χ3n) is 3.96. The van der Waals surface area contributed by atoms with Crippen molar-refractivity contribution < 1.29 is 0 Å². The molecule has 3 rings (SSSR count). The Kier molecular flexibility index (Phi) is 3.56. The molecule has 3 heteroatoms. The van der Waals surface area contributed by atoms with E-state index in [1.807, 2.05) is 24.3 Å². The summed E-state index contributed by atoms with van der Waals surface area (Å²) in [7, 11) is 0. The Bertz CT molecular complexity index is 565. The molecule has 0 amide bonds. The SMILES string of the molecule is NNC(CC1Cc2ccccc21)c1ccc(Cl)cc1. The van der Waals surface area contributed by atoms with Gasteiger partial charge in [-0.05, 0) is 47.6 Å². The van der Waals surface area contributed by atoms with Gasteiger partial charge in [-0.3, -0.25) is 11.3 Å². The van der Waals surface area contributed by atoms with Crippen molar-refractivity contribution >= 4 is 11.6 Å². The van der Waals surface area contributed by atoms with Crippen LogP contribution in [0.25, 0.3) is 0 Å². The Morgan fingerprint density at radius 3 is 2.58 bits per heavy atom. The van der Waals surface area contributed by atoms with Crippen molar-refractivity contribution in [3.8, 4) is 0 Å². The molecule has 98 valence electrons. The summed E-state index contributed by atoms with van der Waals surface area (Å²) in [4.78, 5) is 0. The lowest BCUT2D eigenvalue weighted by Gasteiger charge is -2.33. The molecule has 2 unspecified atom stereocenters. The monoisotopic (exact) mass is 272 g/mol. The number of hydrogen-bond acceptors (Lipinski definition) is 2. The summed E-state index contributed by atoms with van der Waals surface area (Å²) in [6.45, 7) is 0. The van der Waals surface area contributed by atoms with E-state index in [4.69, 9.17) is 17.4 Å². The lowest BCUT2D eigenvalue weighted by molar-refractivity contribution is 0.435. The fraction of sp³-hybridized carbons (Fsp3) is 0.250. The Labute approximate surface area is 118 Å². The highest BCUT2D eigenvalue weighted by Crippen LogP contribution is 2.40.